The Morgan fingerprint density at radius 1 is 1.56 bits per heavy atom. The molecule has 0 atom stereocenters. The van der Waals surface area contributed by atoms with E-state index in [1.165, 1.54) is 4.57 Å². The molecule has 1 heterocycles. The largest absolute Gasteiger partial charge is 1.00 e. The minimum atomic E-state index is -0.297. The van der Waals surface area contributed by atoms with Gasteiger partial charge in [0.2, 0.25) is 0 Å². The van der Waals surface area contributed by atoms with Crippen molar-refractivity contribution >= 4 is 5.57 Å². The van der Waals surface area contributed by atoms with E-state index in [1.54, 1.807) is 12.2 Å². The van der Waals surface area contributed by atoms with E-state index in [-0.39, 0.29) is 63.9 Å². The molecule has 1 aromatic rings. The van der Waals surface area contributed by atoms with Crippen molar-refractivity contribution in [1.82, 2.24) is 14.8 Å². The second kappa shape index (κ2) is 10.4. The molecule has 0 fully saturated rings. The van der Waals surface area contributed by atoms with Crippen molar-refractivity contribution < 1.29 is 58.2 Å². The van der Waals surface area contributed by atoms with Crippen LogP contribution in [0.25, 0.3) is 5.57 Å². The molecule has 1 rings (SSSR count). The van der Waals surface area contributed by atoms with Crippen LogP contribution in [0.1, 0.15) is 33.5 Å². The predicted octanol–water partition coefficient (Wildman–Crippen LogP) is -1.16. The maximum Gasteiger partial charge on any atom is 1.00 e. The Morgan fingerprint density at radius 2 is 2.12 bits per heavy atom. The van der Waals surface area contributed by atoms with Gasteiger partial charge in [0.15, 0.2) is 5.69 Å². The fourth-order valence-electron chi connectivity index (χ4n) is 1.12. The first kappa shape index (κ1) is 18.6. The van der Waals surface area contributed by atoms with Gasteiger partial charge >= 0.3 is 58.2 Å². The molecular formula is C11H18N3ORb. The fourth-order valence-corrected chi connectivity index (χ4v) is 1.12. The molecule has 4 nitrogen and oxygen atoms in total. The zero-order valence-electron chi connectivity index (χ0n) is 10.8. The van der Waals surface area contributed by atoms with Gasteiger partial charge in [-0.15, -0.1) is 0 Å². The van der Waals surface area contributed by atoms with Crippen molar-refractivity contribution in [2.24, 2.45) is 0 Å². The topological polar surface area (TPSA) is 49.0 Å². The third-order valence-electron chi connectivity index (χ3n) is 1.75. The van der Waals surface area contributed by atoms with Crippen molar-refractivity contribution in [1.29, 1.82) is 0 Å². The average molecular weight is 294 g/mol. The molecule has 0 radical (unpaired) electrons. The molecule has 0 bridgehead atoms. The molecule has 0 saturated carbocycles. The minimum absolute atomic E-state index is 0. The second-order valence-corrected chi connectivity index (χ2v) is 2.64. The molecular weight excluding hydrogens is 276 g/mol. The number of hydrogen-bond acceptors (Lipinski definition) is 2. The Hall–Kier alpha value is 0.225. The molecule has 1 aromatic heterocycles. The van der Waals surface area contributed by atoms with Crippen molar-refractivity contribution in [2.75, 3.05) is 0 Å². The molecule has 0 unspecified atom stereocenters. The number of rotatable bonds is 3. The Kier molecular flexibility index (Phi) is 12.1. The van der Waals surface area contributed by atoms with E-state index < -0.39 is 0 Å². The smallest absolute Gasteiger partial charge is 0.395 e. The van der Waals surface area contributed by atoms with Crippen LogP contribution in [0.3, 0.4) is 0 Å². The second-order valence-electron chi connectivity index (χ2n) is 2.64. The Morgan fingerprint density at radius 3 is 2.56 bits per heavy atom. The van der Waals surface area contributed by atoms with Gasteiger partial charge in [-0.2, -0.15) is 0 Å². The van der Waals surface area contributed by atoms with Gasteiger partial charge in [-0.3, -0.25) is 9.89 Å². The van der Waals surface area contributed by atoms with E-state index in [0.29, 0.717) is 12.4 Å². The van der Waals surface area contributed by atoms with Crippen molar-refractivity contribution in [3.05, 3.63) is 35.0 Å². The van der Waals surface area contributed by atoms with E-state index in [2.05, 4.69) is 16.8 Å². The molecule has 0 aliphatic heterocycles. The van der Waals surface area contributed by atoms with Gasteiger partial charge < -0.3 is 9.67 Å². The molecule has 0 amide bonds. The summed E-state index contributed by atoms with van der Waals surface area (Å²) in [5, 5.41) is 7.26. The van der Waals surface area contributed by atoms with Crippen molar-refractivity contribution in [2.45, 2.75) is 34.2 Å². The average Bonchev–Trinajstić information content (AvgIpc) is 2.63. The van der Waals surface area contributed by atoms with E-state index >= 15 is 0 Å². The number of allylic oxidation sites excluding steroid dienone is 3. The van der Waals surface area contributed by atoms with Gasteiger partial charge in [0.05, 0.1) is 5.82 Å². The molecule has 0 spiro atoms. The Bertz CT molecular complexity index is 390. The van der Waals surface area contributed by atoms with Gasteiger partial charge in [-0.25, -0.2) is 0 Å². The van der Waals surface area contributed by atoms with E-state index in [0.717, 1.165) is 5.57 Å². The summed E-state index contributed by atoms with van der Waals surface area (Å²) >= 11 is 0. The molecule has 0 aliphatic carbocycles. The SMILES string of the molecule is C=C/C=C(/C)c1n[n-]c(=O)n1CC.CC.[Rb+]. The summed E-state index contributed by atoms with van der Waals surface area (Å²) in [5.41, 5.74) is 0.598. The Labute approximate surface area is 146 Å². The van der Waals surface area contributed by atoms with Gasteiger partial charge in [-0.05, 0) is 19.0 Å². The van der Waals surface area contributed by atoms with Crippen LogP contribution in [0.4, 0.5) is 0 Å². The quantitative estimate of drug-likeness (QED) is 0.661. The summed E-state index contributed by atoms with van der Waals surface area (Å²) in [5.74, 6) is 0.618. The van der Waals surface area contributed by atoms with Crippen LogP contribution in [0.15, 0.2) is 23.5 Å². The number of nitrogens with zero attached hydrogens (tertiary/aromatic N) is 3. The standard InChI is InChI=1S/C9H13N3O.C2H6.Rb/c1-4-6-7(3)8-10-11-9(13)12(8)5-2;1-2;/h4,6H,1,5H2,2-3H3,(H,11,13);1-2H3;/q;;+1/p-1/b7-6-;;. The Balaban J connectivity index is 0. The number of aromatic nitrogens is 3. The molecule has 0 aliphatic rings. The van der Waals surface area contributed by atoms with E-state index in [9.17, 15) is 4.79 Å². The van der Waals surface area contributed by atoms with Crippen LogP contribution in [0.5, 0.6) is 0 Å². The van der Waals surface area contributed by atoms with E-state index in [1.807, 2.05) is 27.7 Å². The van der Waals surface area contributed by atoms with Gasteiger partial charge in [0.1, 0.15) is 0 Å². The van der Waals surface area contributed by atoms with Gasteiger partial charge in [-0.1, -0.05) is 39.5 Å². The molecule has 0 aromatic carbocycles. The third kappa shape index (κ3) is 5.04. The summed E-state index contributed by atoms with van der Waals surface area (Å²) in [4.78, 5) is 11.1. The van der Waals surface area contributed by atoms with Crippen LogP contribution in [0.2, 0.25) is 0 Å². The zero-order valence-corrected chi connectivity index (χ0v) is 15.7. The third-order valence-corrected chi connectivity index (χ3v) is 1.75. The van der Waals surface area contributed by atoms with Crippen molar-refractivity contribution in [3.63, 3.8) is 0 Å². The summed E-state index contributed by atoms with van der Waals surface area (Å²) in [6.07, 6.45) is 3.46. The monoisotopic (exact) mass is 293 g/mol. The summed E-state index contributed by atoms with van der Waals surface area (Å²) < 4.78 is 1.52. The van der Waals surface area contributed by atoms with Crippen LogP contribution in [-0.4, -0.2) is 9.67 Å². The first-order valence-corrected chi connectivity index (χ1v) is 5.10. The van der Waals surface area contributed by atoms with E-state index in [4.69, 9.17) is 0 Å². The summed E-state index contributed by atoms with van der Waals surface area (Å²) in [6.45, 7) is 11.9. The molecule has 16 heavy (non-hydrogen) atoms. The van der Waals surface area contributed by atoms with Crippen LogP contribution >= 0.6 is 0 Å². The minimum Gasteiger partial charge on any atom is -0.395 e. The normalized spacial score (nSPS) is 9.88. The molecule has 5 heteroatoms. The fraction of sp³-hybridized carbons (Fsp3) is 0.455. The first-order chi connectivity index (χ1) is 7.20. The maximum atomic E-state index is 11.1. The van der Waals surface area contributed by atoms with Crippen LogP contribution in [-0.2, 0) is 6.54 Å². The van der Waals surface area contributed by atoms with Gasteiger partial charge in [0, 0.05) is 0 Å². The number of hydrogen-bond donors (Lipinski definition) is 0. The van der Waals surface area contributed by atoms with Crippen molar-refractivity contribution in [3.8, 4) is 0 Å². The molecule has 0 N–H and O–H groups in total. The van der Waals surface area contributed by atoms with Gasteiger partial charge in [0.25, 0.3) is 0 Å². The van der Waals surface area contributed by atoms with Crippen LogP contribution < -0.4 is 69.0 Å². The summed E-state index contributed by atoms with van der Waals surface area (Å²) in [7, 11) is 0. The van der Waals surface area contributed by atoms with Crippen LogP contribution in [0, 0.1) is 0 Å². The zero-order chi connectivity index (χ0) is 11.8. The first-order valence-electron chi connectivity index (χ1n) is 5.10. The maximum absolute atomic E-state index is 11.1. The summed E-state index contributed by atoms with van der Waals surface area (Å²) in [6, 6.07) is 0. The predicted molar refractivity (Wildman–Crippen MR) is 62.7 cm³/mol. The molecule has 84 valence electrons. The molecule has 0 saturated heterocycles.